The molecule has 1 saturated heterocycles. The van der Waals surface area contributed by atoms with Crippen LogP contribution in [0.4, 0.5) is 0 Å². The van der Waals surface area contributed by atoms with Crippen molar-refractivity contribution in [1.29, 1.82) is 0 Å². The number of nitrogens with one attached hydrogen (secondary N) is 2. The van der Waals surface area contributed by atoms with Gasteiger partial charge in [0.1, 0.15) is 0 Å². The Hall–Kier alpha value is -2.70. The van der Waals surface area contributed by atoms with E-state index in [9.17, 15) is 4.79 Å². The van der Waals surface area contributed by atoms with E-state index in [-0.39, 0.29) is 12.0 Å². The summed E-state index contributed by atoms with van der Waals surface area (Å²) in [6.07, 6.45) is 1.72. The SMILES string of the molecule is O=C(NCC1CN(Cc2ccccc2)CCO1)c1cccc2cn[nH]c12. The van der Waals surface area contributed by atoms with Gasteiger partial charge in [0.2, 0.25) is 0 Å². The zero-order valence-corrected chi connectivity index (χ0v) is 14.5. The Kier molecular flexibility index (Phi) is 4.95. The summed E-state index contributed by atoms with van der Waals surface area (Å²) in [7, 11) is 0. The first-order valence-electron chi connectivity index (χ1n) is 8.88. The van der Waals surface area contributed by atoms with Gasteiger partial charge in [0.15, 0.2) is 0 Å². The summed E-state index contributed by atoms with van der Waals surface area (Å²) in [6.45, 7) is 3.80. The van der Waals surface area contributed by atoms with Gasteiger partial charge < -0.3 is 10.1 Å². The van der Waals surface area contributed by atoms with Gasteiger partial charge in [-0.2, -0.15) is 5.10 Å². The number of benzene rings is 2. The van der Waals surface area contributed by atoms with Crippen LogP contribution in [0.2, 0.25) is 0 Å². The molecule has 2 N–H and O–H groups in total. The van der Waals surface area contributed by atoms with E-state index >= 15 is 0 Å². The molecule has 2 heterocycles. The van der Waals surface area contributed by atoms with Gasteiger partial charge in [-0.1, -0.05) is 42.5 Å². The molecule has 0 saturated carbocycles. The number of fused-ring (bicyclic) bond motifs is 1. The molecular formula is C20H22N4O2. The number of para-hydroxylation sites is 1. The Morgan fingerprint density at radius 3 is 3.00 bits per heavy atom. The Morgan fingerprint density at radius 2 is 2.12 bits per heavy atom. The highest BCUT2D eigenvalue weighted by Crippen LogP contribution is 2.15. The van der Waals surface area contributed by atoms with Gasteiger partial charge in [0, 0.05) is 31.6 Å². The second-order valence-electron chi connectivity index (χ2n) is 6.56. The van der Waals surface area contributed by atoms with E-state index in [4.69, 9.17) is 4.74 Å². The molecule has 1 amide bonds. The highest BCUT2D eigenvalue weighted by atomic mass is 16.5. The molecule has 6 heteroatoms. The van der Waals surface area contributed by atoms with Crippen LogP contribution in [0.15, 0.2) is 54.7 Å². The Bertz CT molecular complexity index is 878. The minimum absolute atomic E-state index is 0.00242. The summed E-state index contributed by atoms with van der Waals surface area (Å²) in [6, 6.07) is 16.0. The van der Waals surface area contributed by atoms with Crippen LogP contribution in [-0.4, -0.2) is 53.3 Å². The fourth-order valence-electron chi connectivity index (χ4n) is 3.35. The lowest BCUT2D eigenvalue weighted by molar-refractivity contribution is -0.0292. The summed E-state index contributed by atoms with van der Waals surface area (Å²) in [5, 5.41) is 10.8. The number of aromatic nitrogens is 2. The van der Waals surface area contributed by atoms with Crippen molar-refractivity contribution in [2.45, 2.75) is 12.6 Å². The number of ether oxygens (including phenoxy) is 1. The van der Waals surface area contributed by atoms with Crippen LogP contribution in [-0.2, 0) is 11.3 Å². The van der Waals surface area contributed by atoms with Crippen molar-refractivity contribution in [3.8, 4) is 0 Å². The lowest BCUT2D eigenvalue weighted by Gasteiger charge is -2.33. The fraction of sp³-hybridized carbons (Fsp3) is 0.300. The monoisotopic (exact) mass is 350 g/mol. The first-order valence-corrected chi connectivity index (χ1v) is 8.88. The zero-order chi connectivity index (χ0) is 17.8. The molecule has 1 unspecified atom stereocenters. The van der Waals surface area contributed by atoms with Crippen LogP contribution < -0.4 is 5.32 Å². The van der Waals surface area contributed by atoms with Crippen LogP contribution in [0.1, 0.15) is 15.9 Å². The van der Waals surface area contributed by atoms with Crippen molar-refractivity contribution in [1.82, 2.24) is 20.4 Å². The van der Waals surface area contributed by atoms with Gasteiger partial charge in [-0.15, -0.1) is 0 Å². The summed E-state index contributed by atoms with van der Waals surface area (Å²) in [4.78, 5) is 14.9. The average Bonchev–Trinajstić information content (AvgIpc) is 3.16. The minimum Gasteiger partial charge on any atom is -0.374 e. The van der Waals surface area contributed by atoms with Crippen LogP contribution in [0.5, 0.6) is 0 Å². The van der Waals surface area contributed by atoms with Gasteiger partial charge in [-0.3, -0.25) is 14.8 Å². The first-order chi connectivity index (χ1) is 12.8. The predicted octanol–water partition coefficient (Wildman–Crippen LogP) is 2.19. The highest BCUT2D eigenvalue weighted by molar-refractivity contribution is 6.05. The van der Waals surface area contributed by atoms with Crippen molar-refractivity contribution in [3.63, 3.8) is 0 Å². The highest BCUT2D eigenvalue weighted by Gasteiger charge is 2.21. The van der Waals surface area contributed by atoms with E-state index in [1.54, 1.807) is 12.3 Å². The molecule has 1 fully saturated rings. The second kappa shape index (κ2) is 7.68. The molecule has 0 aliphatic carbocycles. The number of H-pyrrole nitrogens is 1. The molecule has 1 aromatic heterocycles. The summed E-state index contributed by atoms with van der Waals surface area (Å²) < 4.78 is 5.83. The minimum atomic E-state index is -0.108. The Balaban J connectivity index is 1.34. The number of morpholine rings is 1. The number of aromatic amines is 1. The molecule has 1 aliphatic rings. The van der Waals surface area contributed by atoms with Gasteiger partial charge in [0.05, 0.1) is 30.0 Å². The van der Waals surface area contributed by atoms with E-state index in [0.29, 0.717) is 18.7 Å². The van der Waals surface area contributed by atoms with Crippen LogP contribution in [0.25, 0.3) is 10.9 Å². The lowest BCUT2D eigenvalue weighted by Crippen LogP contribution is -2.47. The zero-order valence-electron chi connectivity index (χ0n) is 14.5. The number of hydrogen-bond acceptors (Lipinski definition) is 4. The Labute approximate surface area is 152 Å². The van der Waals surface area contributed by atoms with Crippen molar-refractivity contribution in [3.05, 3.63) is 65.9 Å². The van der Waals surface area contributed by atoms with E-state index in [2.05, 4.69) is 44.7 Å². The normalized spacial score (nSPS) is 18.1. The maximum atomic E-state index is 12.5. The molecule has 3 aromatic rings. The molecule has 0 radical (unpaired) electrons. The number of carbonyl (C=O) groups is 1. The van der Waals surface area contributed by atoms with Crippen LogP contribution in [0.3, 0.4) is 0 Å². The van der Waals surface area contributed by atoms with Gasteiger partial charge in [-0.05, 0) is 11.6 Å². The largest absolute Gasteiger partial charge is 0.374 e. The number of hydrogen-bond donors (Lipinski definition) is 2. The van der Waals surface area contributed by atoms with Gasteiger partial charge in [0.25, 0.3) is 5.91 Å². The number of nitrogens with zero attached hydrogens (tertiary/aromatic N) is 2. The van der Waals surface area contributed by atoms with E-state index in [1.807, 2.05) is 18.2 Å². The van der Waals surface area contributed by atoms with Crippen molar-refractivity contribution in [2.24, 2.45) is 0 Å². The van der Waals surface area contributed by atoms with Crippen molar-refractivity contribution in [2.75, 3.05) is 26.2 Å². The lowest BCUT2D eigenvalue weighted by atomic mass is 10.1. The molecule has 26 heavy (non-hydrogen) atoms. The maximum absolute atomic E-state index is 12.5. The Morgan fingerprint density at radius 1 is 1.23 bits per heavy atom. The standard InChI is InChI=1S/C20H22N4O2/c25-20(18-8-4-7-16-11-22-23-19(16)18)21-12-17-14-24(9-10-26-17)13-15-5-2-1-3-6-15/h1-8,11,17H,9-10,12-14H2,(H,21,25)(H,22,23). The van der Waals surface area contributed by atoms with Crippen molar-refractivity contribution >= 4 is 16.8 Å². The van der Waals surface area contributed by atoms with Crippen molar-refractivity contribution < 1.29 is 9.53 Å². The molecule has 0 spiro atoms. The van der Waals surface area contributed by atoms with Gasteiger partial charge in [-0.25, -0.2) is 0 Å². The third-order valence-electron chi connectivity index (χ3n) is 4.68. The van der Waals surface area contributed by atoms with E-state index < -0.39 is 0 Å². The third-order valence-corrected chi connectivity index (χ3v) is 4.68. The molecule has 0 bridgehead atoms. The molecular weight excluding hydrogens is 328 g/mol. The smallest absolute Gasteiger partial charge is 0.253 e. The van der Waals surface area contributed by atoms with E-state index in [1.165, 1.54) is 5.56 Å². The average molecular weight is 350 g/mol. The fourth-order valence-corrected chi connectivity index (χ4v) is 3.35. The molecule has 2 aromatic carbocycles. The number of carbonyl (C=O) groups excluding carboxylic acids is 1. The molecule has 134 valence electrons. The quantitative estimate of drug-likeness (QED) is 0.740. The third kappa shape index (κ3) is 3.76. The second-order valence-corrected chi connectivity index (χ2v) is 6.56. The summed E-state index contributed by atoms with van der Waals surface area (Å²) >= 11 is 0. The topological polar surface area (TPSA) is 70.2 Å². The van der Waals surface area contributed by atoms with Crippen LogP contribution in [0, 0.1) is 0 Å². The maximum Gasteiger partial charge on any atom is 0.253 e. The summed E-state index contributed by atoms with van der Waals surface area (Å²) in [5.41, 5.74) is 2.67. The molecule has 4 rings (SSSR count). The molecule has 1 aliphatic heterocycles. The predicted molar refractivity (Wildman–Crippen MR) is 99.9 cm³/mol. The summed E-state index contributed by atoms with van der Waals surface area (Å²) in [5.74, 6) is -0.108. The number of rotatable bonds is 5. The van der Waals surface area contributed by atoms with Crippen LogP contribution >= 0.6 is 0 Å². The first kappa shape index (κ1) is 16.8. The molecule has 6 nitrogen and oxygen atoms in total. The van der Waals surface area contributed by atoms with Gasteiger partial charge >= 0.3 is 0 Å². The van der Waals surface area contributed by atoms with E-state index in [0.717, 1.165) is 30.5 Å². The molecule has 1 atom stereocenters. The number of amides is 1.